The summed E-state index contributed by atoms with van der Waals surface area (Å²) in [5, 5.41) is 83.1. The van der Waals surface area contributed by atoms with E-state index in [2.05, 4.69) is 0 Å². The third-order valence-electron chi connectivity index (χ3n) is 14.1. The number of halogens is 12. The number of alkyl halides is 12. The first-order chi connectivity index (χ1) is 32.9. The van der Waals surface area contributed by atoms with Crippen LogP contribution < -0.4 is 0 Å². The second kappa shape index (κ2) is 27.0. The predicted molar refractivity (Wildman–Crippen MR) is 250 cm³/mol. The van der Waals surface area contributed by atoms with Crippen LogP contribution in [-0.2, 0) is 51.8 Å². The Balaban J connectivity index is 0. The third kappa shape index (κ3) is 21.7. The van der Waals surface area contributed by atoms with E-state index < -0.39 is 115 Å². The van der Waals surface area contributed by atoms with E-state index in [1.807, 2.05) is 111 Å². The maximum Gasteiger partial charge on any atom is 0.680 e. The quantitative estimate of drug-likeness (QED) is 0.0673. The molecule has 78 heavy (non-hydrogen) atoms. The number of hydrogen-bond acceptors (Lipinski definition) is 16. The fourth-order valence-electron chi connectivity index (χ4n) is 11.0. The molecule has 0 aromatic carbocycles. The minimum atomic E-state index is -5.15. The summed E-state index contributed by atoms with van der Waals surface area (Å²) >= 11 is 0. The molecule has 4 rings (SSSR count). The predicted octanol–water partition coefficient (Wildman–Crippen LogP) is 8.75. The van der Waals surface area contributed by atoms with Crippen molar-refractivity contribution < 1.29 is 151 Å². The molecule has 4 unspecified atom stereocenters. The number of aliphatic hydroxyl groups is 4. The van der Waals surface area contributed by atoms with Crippen LogP contribution in [0.25, 0.3) is 0 Å². The second-order valence-electron chi connectivity index (χ2n) is 25.5. The van der Waals surface area contributed by atoms with E-state index in [1.165, 1.54) is 20.3 Å². The number of piperidine rings is 4. The molecule has 0 aromatic heterocycles. The van der Waals surface area contributed by atoms with E-state index in [1.54, 1.807) is 0 Å². The number of nitrogens with zero attached hydrogens (tertiary/aromatic N) is 4. The molecule has 0 amide bonds. The zero-order chi connectivity index (χ0) is 59.3. The Kier molecular flexibility index (Phi) is 27.6. The van der Waals surface area contributed by atoms with Gasteiger partial charge in [-0.3, -0.25) is 0 Å². The van der Waals surface area contributed by atoms with E-state index in [0.29, 0.717) is 51.4 Å². The van der Waals surface area contributed by atoms with Crippen LogP contribution in [0.4, 0.5) is 52.7 Å². The number of aliphatic hydroxyl groups excluding tert-OH is 4. The van der Waals surface area contributed by atoms with Gasteiger partial charge in [-0.25, -0.2) is 0 Å². The summed E-state index contributed by atoms with van der Waals surface area (Å²) in [5.74, 6) is 0. The molecular formula is C46H86F12Mn2N4O13Si. The molecular weight excluding hydrogens is 1180 g/mol. The van der Waals surface area contributed by atoms with Gasteiger partial charge in [-0.1, -0.05) is 0 Å². The van der Waals surface area contributed by atoms with Crippen LogP contribution in [0.5, 0.6) is 0 Å². The van der Waals surface area contributed by atoms with Crippen LogP contribution in [0.15, 0.2) is 0 Å². The molecule has 0 aromatic rings. The Morgan fingerprint density at radius 1 is 0.346 bits per heavy atom. The van der Waals surface area contributed by atoms with Crippen molar-refractivity contribution >= 4 is 9.05 Å². The summed E-state index contributed by atoms with van der Waals surface area (Å²) < 4.78 is 167. The van der Waals surface area contributed by atoms with Crippen molar-refractivity contribution in [2.75, 3.05) is 0 Å². The van der Waals surface area contributed by atoms with Crippen molar-refractivity contribution in [3.8, 4) is 0 Å². The standard InChI is InChI=1S/C36H72N4O8Si.2C5H6F6O2.2Mn.H2O/c1-29(2)17-25(18-30(3,4)37(29)41)45-49(46-26-19-31(5,6)38(42)32(7,8)20-26,47-27-21-33(9,10)39(43)34(11,12)22-27)48-28-23-35(13,14)40(44)36(15,16)24-28;2*6-4(7,8)2(12)1-3(13)5(9,10)11;;;/h25-28,41-44H,17-24H2,1-16H3;2*2-3,12-13H,1H2;;;1H2. The first-order valence-electron chi connectivity index (χ1n) is 24.5. The molecule has 4 heterocycles. The van der Waals surface area contributed by atoms with E-state index in [9.17, 15) is 73.5 Å². The molecule has 0 saturated carbocycles. The van der Waals surface area contributed by atoms with Crippen molar-refractivity contribution in [2.45, 2.75) is 293 Å². The van der Waals surface area contributed by atoms with Crippen LogP contribution in [-0.4, -0.2) is 194 Å². The second-order valence-corrected chi connectivity index (χ2v) is 27.5. The van der Waals surface area contributed by atoms with Crippen molar-refractivity contribution in [1.29, 1.82) is 0 Å². The van der Waals surface area contributed by atoms with Gasteiger partial charge in [-0.05, 0) is 162 Å². The van der Waals surface area contributed by atoms with E-state index >= 15 is 0 Å². The molecule has 4 aliphatic heterocycles. The summed E-state index contributed by atoms with van der Waals surface area (Å²) in [6.45, 7) is 32.3. The summed E-state index contributed by atoms with van der Waals surface area (Å²) in [6, 6.07) is 0. The largest absolute Gasteiger partial charge is 0.680 e. The zero-order valence-electron chi connectivity index (χ0n) is 47.0. The van der Waals surface area contributed by atoms with Crippen LogP contribution in [0.2, 0.25) is 0 Å². The summed E-state index contributed by atoms with van der Waals surface area (Å²) in [4.78, 5) is 0. The Hall–Kier alpha value is -0.264. The minimum absolute atomic E-state index is 0. The van der Waals surface area contributed by atoms with Crippen LogP contribution >= 0.6 is 0 Å². The first-order valence-corrected chi connectivity index (χ1v) is 26.2. The van der Waals surface area contributed by atoms with Gasteiger partial charge in [0.25, 0.3) is 0 Å². The van der Waals surface area contributed by atoms with E-state index in [0.717, 1.165) is 0 Å². The summed E-state index contributed by atoms with van der Waals surface area (Å²) in [7, 11) is -4.13. The number of rotatable bonds is 12. The van der Waals surface area contributed by atoms with E-state index in [4.69, 9.17) is 38.1 Å². The van der Waals surface area contributed by atoms with Crippen LogP contribution in [0.3, 0.4) is 0 Å². The smallest absolute Gasteiger partial charge is 0.412 e. The molecule has 0 bridgehead atoms. The Morgan fingerprint density at radius 3 is 0.564 bits per heavy atom. The fraction of sp³-hybridized carbons (Fsp3) is 1.00. The van der Waals surface area contributed by atoms with Crippen molar-refractivity contribution in [3.05, 3.63) is 0 Å². The number of hydrogen-bond donors (Lipinski definition) is 8. The zero-order valence-corrected chi connectivity index (χ0v) is 50.3. The van der Waals surface area contributed by atoms with Crippen molar-refractivity contribution in [3.63, 3.8) is 0 Å². The normalized spacial score (nSPS) is 26.0. The van der Waals surface area contributed by atoms with Gasteiger partial charge < -0.3 is 64.4 Å². The summed E-state index contributed by atoms with van der Waals surface area (Å²) in [6.07, 6.45) is -34.0. The number of hydroxylamine groups is 8. The molecule has 4 saturated heterocycles. The molecule has 4 atom stereocenters. The molecule has 10 N–H and O–H groups in total. The molecule has 0 aliphatic carbocycles. The molecule has 4 aliphatic rings. The molecule has 17 nitrogen and oxygen atoms in total. The fourth-order valence-corrected chi connectivity index (χ4v) is 13.6. The topological polar surface area (TPSA) is 243 Å². The Bertz CT molecular complexity index is 1530. The van der Waals surface area contributed by atoms with Gasteiger partial charge in [0.15, 0.2) is 24.4 Å². The molecule has 32 heteroatoms. The van der Waals surface area contributed by atoms with Crippen molar-refractivity contribution in [1.82, 2.24) is 20.3 Å². The van der Waals surface area contributed by atoms with Gasteiger partial charge in [-0.2, -0.15) is 72.9 Å². The molecule has 470 valence electrons. The maximum atomic E-state index is 11.5. The molecule has 0 spiro atoms. The Morgan fingerprint density at radius 2 is 0.462 bits per heavy atom. The van der Waals surface area contributed by atoms with Crippen molar-refractivity contribution in [2.24, 2.45) is 0 Å². The van der Waals surface area contributed by atoms with Gasteiger partial charge in [0.2, 0.25) is 0 Å². The maximum absolute atomic E-state index is 11.5. The van der Waals surface area contributed by atoms with E-state index in [-0.39, 0.29) is 64.0 Å². The van der Waals surface area contributed by atoms with Gasteiger partial charge >= 0.3 is 33.8 Å². The SMILES string of the molecule is CC1(C)CC(O[Si](OC2CC(C)(C)N(O)C(C)(C)C2)(OC2CC(C)(C)N(O)C(C)(C)C2)OC2CC(C)(C)N(O)C(C)(C)C2)CC(C)(C)N1O.O.OC(CC(O)C(F)(F)F)C(F)(F)F.OC(CC(O)C(F)(F)F)C(F)(F)F.[Mn].[Mn]. The van der Waals surface area contributed by atoms with Crippen LogP contribution in [0.1, 0.15) is 175 Å². The Labute approximate surface area is 471 Å². The molecule has 4 fully saturated rings. The minimum Gasteiger partial charge on any atom is -0.412 e. The average molecular weight is 1270 g/mol. The van der Waals surface area contributed by atoms with Gasteiger partial charge in [0.1, 0.15) is 0 Å². The monoisotopic (exact) mass is 1270 g/mol. The average Bonchev–Trinajstić information content (AvgIpc) is 3.15. The third-order valence-corrected chi connectivity index (χ3v) is 16.5. The molecule has 2 radical (unpaired) electrons. The summed E-state index contributed by atoms with van der Waals surface area (Å²) in [5.41, 5.74) is -4.69. The first kappa shape index (κ1) is 79.8. The van der Waals surface area contributed by atoms with Crippen LogP contribution in [0, 0.1) is 0 Å². The van der Waals surface area contributed by atoms with Gasteiger partial charge in [0, 0.05) is 91.3 Å². The van der Waals surface area contributed by atoms with Gasteiger partial charge in [0.05, 0.1) is 24.4 Å². The van der Waals surface area contributed by atoms with Gasteiger partial charge in [-0.15, -0.1) is 0 Å².